The van der Waals surface area contributed by atoms with Crippen molar-refractivity contribution in [3.05, 3.63) is 56.5 Å². The lowest BCUT2D eigenvalue weighted by atomic mass is 10.1. The van der Waals surface area contributed by atoms with Crippen LogP contribution in [0.5, 0.6) is 0 Å². The lowest BCUT2D eigenvalue weighted by molar-refractivity contribution is 0.601. The zero-order chi connectivity index (χ0) is 15.8. The van der Waals surface area contributed by atoms with Gasteiger partial charge in [-0.05, 0) is 49.2 Å². The van der Waals surface area contributed by atoms with E-state index in [-0.39, 0.29) is 20.0 Å². The predicted molar refractivity (Wildman–Crippen MR) is 88.2 cm³/mol. The van der Waals surface area contributed by atoms with Gasteiger partial charge in [0.25, 0.3) is 10.0 Å². The van der Waals surface area contributed by atoms with Crippen molar-refractivity contribution in [2.45, 2.75) is 18.7 Å². The van der Waals surface area contributed by atoms with Crippen LogP contribution in [0.25, 0.3) is 0 Å². The summed E-state index contributed by atoms with van der Waals surface area (Å²) in [6, 6.07) is 7.81. The second-order valence-electron chi connectivity index (χ2n) is 4.60. The fraction of sp³-hybridized carbons (Fsp3) is 0.143. The molecule has 2 aromatic carbocycles. The van der Waals surface area contributed by atoms with Crippen LogP contribution in [0.15, 0.2) is 35.2 Å². The van der Waals surface area contributed by atoms with E-state index < -0.39 is 10.0 Å². The summed E-state index contributed by atoms with van der Waals surface area (Å²) in [6.45, 7) is 3.85. The van der Waals surface area contributed by atoms with Gasteiger partial charge in [-0.3, -0.25) is 4.72 Å². The molecular weight excluding hydrogens is 353 g/mol. The summed E-state index contributed by atoms with van der Waals surface area (Å²) in [5.74, 6) is 0. The highest BCUT2D eigenvalue weighted by Gasteiger charge is 2.20. The van der Waals surface area contributed by atoms with Crippen LogP contribution >= 0.6 is 34.8 Å². The minimum Gasteiger partial charge on any atom is -0.280 e. The Bertz CT molecular complexity index is 804. The van der Waals surface area contributed by atoms with Gasteiger partial charge >= 0.3 is 0 Å². The molecule has 0 saturated carbocycles. The minimum absolute atomic E-state index is 0.0146. The van der Waals surface area contributed by atoms with Crippen molar-refractivity contribution >= 4 is 50.5 Å². The summed E-state index contributed by atoms with van der Waals surface area (Å²) in [7, 11) is -3.84. The third-order valence-electron chi connectivity index (χ3n) is 3.02. The normalized spacial score (nSPS) is 11.5. The molecule has 112 valence electrons. The average molecular weight is 365 g/mol. The van der Waals surface area contributed by atoms with Crippen LogP contribution in [0.3, 0.4) is 0 Å². The smallest absolute Gasteiger partial charge is 0.263 e. The van der Waals surface area contributed by atoms with E-state index in [2.05, 4.69) is 4.72 Å². The van der Waals surface area contributed by atoms with Crippen LogP contribution in [0, 0.1) is 13.8 Å². The van der Waals surface area contributed by atoms with Crippen molar-refractivity contribution in [3.63, 3.8) is 0 Å². The molecule has 0 bridgehead atoms. The molecule has 0 fully saturated rings. The van der Waals surface area contributed by atoms with Gasteiger partial charge in [-0.25, -0.2) is 8.42 Å². The van der Waals surface area contributed by atoms with Gasteiger partial charge in [-0.2, -0.15) is 0 Å². The van der Waals surface area contributed by atoms with Crippen LogP contribution in [0.4, 0.5) is 5.69 Å². The first-order valence-electron chi connectivity index (χ1n) is 5.95. The van der Waals surface area contributed by atoms with Crippen LogP contribution in [-0.4, -0.2) is 8.42 Å². The molecule has 0 spiro atoms. The molecule has 0 aromatic heterocycles. The Labute approximate surface area is 138 Å². The number of hydrogen-bond donors (Lipinski definition) is 1. The molecule has 2 rings (SSSR count). The van der Waals surface area contributed by atoms with E-state index in [9.17, 15) is 8.42 Å². The number of nitrogens with one attached hydrogen (secondary N) is 1. The van der Waals surface area contributed by atoms with Gasteiger partial charge in [0.1, 0.15) is 4.90 Å². The Morgan fingerprint density at radius 2 is 1.48 bits per heavy atom. The first kappa shape index (κ1) is 16.4. The topological polar surface area (TPSA) is 46.2 Å². The van der Waals surface area contributed by atoms with Crippen molar-refractivity contribution in [1.82, 2.24) is 0 Å². The predicted octanol–water partition coefficient (Wildman–Crippen LogP) is 5.06. The number of hydrogen-bond acceptors (Lipinski definition) is 2. The van der Waals surface area contributed by atoms with Gasteiger partial charge in [0.15, 0.2) is 0 Å². The second-order valence-corrected chi connectivity index (χ2v) is 7.47. The molecule has 7 heteroatoms. The van der Waals surface area contributed by atoms with Gasteiger partial charge in [-0.15, -0.1) is 0 Å². The number of aryl methyl sites for hydroxylation is 2. The third-order valence-corrected chi connectivity index (χ3v) is 5.59. The molecule has 0 unspecified atom stereocenters. The van der Waals surface area contributed by atoms with E-state index >= 15 is 0 Å². The molecule has 0 atom stereocenters. The molecular formula is C14H12Cl3NO2S. The molecule has 0 radical (unpaired) electrons. The highest BCUT2D eigenvalue weighted by Crippen LogP contribution is 2.32. The molecule has 1 N–H and O–H groups in total. The van der Waals surface area contributed by atoms with Crippen molar-refractivity contribution < 1.29 is 8.42 Å². The Kier molecular flexibility index (Phi) is 4.73. The van der Waals surface area contributed by atoms with Gasteiger partial charge < -0.3 is 0 Å². The maximum Gasteiger partial charge on any atom is 0.263 e. The molecule has 2 aromatic rings. The quantitative estimate of drug-likeness (QED) is 0.773. The van der Waals surface area contributed by atoms with Gasteiger partial charge in [0, 0.05) is 5.69 Å². The number of anilines is 1. The number of benzene rings is 2. The van der Waals surface area contributed by atoms with E-state index in [1.165, 1.54) is 12.1 Å². The fourth-order valence-electron chi connectivity index (χ4n) is 1.73. The standard InChI is InChI=1S/C14H12Cl3NO2S/c1-8-3-4-10(5-9(8)2)18-21(19,20)14-7-12(16)11(15)6-13(14)17/h3-7,18H,1-2H3. The molecule has 0 aliphatic heterocycles. The van der Waals surface area contributed by atoms with E-state index in [0.717, 1.165) is 11.1 Å². The third kappa shape index (κ3) is 3.64. The fourth-order valence-corrected chi connectivity index (χ4v) is 3.78. The maximum atomic E-state index is 12.4. The Morgan fingerprint density at radius 3 is 2.10 bits per heavy atom. The summed E-state index contributed by atoms with van der Waals surface area (Å²) in [5.41, 5.74) is 2.51. The molecule has 0 aliphatic rings. The molecule has 0 aliphatic carbocycles. The lowest BCUT2D eigenvalue weighted by Crippen LogP contribution is -2.13. The van der Waals surface area contributed by atoms with Crippen LogP contribution < -0.4 is 4.72 Å². The zero-order valence-electron chi connectivity index (χ0n) is 11.2. The molecule has 21 heavy (non-hydrogen) atoms. The highest BCUT2D eigenvalue weighted by molar-refractivity contribution is 7.92. The van der Waals surface area contributed by atoms with Crippen molar-refractivity contribution in [2.24, 2.45) is 0 Å². The summed E-state index contributed by atoms with van der Waals surface area (Å²) < 4.78 is 27.2. The van der Waals surface area contributed by atoms with Crippen molar-refractivity contribution in [3.8, 4) is 0 Å². The summed E-state index contributed by atoms with van der Waals surface area (Å²) in [6.07, 6.45) is 0. The average Bonchev–Trinajstić information content (AvgIpc) is 2.37. The molecule has 0 heterocycles. The van der Waals surface area contributed by atoms with E-state index in [1.807, 2.05) is 19.9 Å². The number of halogens is 3. The molecule has 0 saturated heterocycles. The van der Waals surface area contributed by atoms with E-state index in [4.69, 9.17) is 34.8 Å². The Balaban J connectivity index is 2.43. The van der Waals surface area contributed by atoms with Crippen LogP contribution in [0.1, 0.15) is 11.1 Å². The maximum absolute atomic E-state index is 12.4. The lowest BCUT2D eigenvalue weighted by Gasteiger charge is -2.11. The van der Waals surface area contributed by atoms with Crippen LogP contribution in [-0.2, 0) is 10.0 Å². The summed E-state index contributed by atoms with van der Waals surface area (Å²) in [4.78, 5) is -0.114. The number of rotatable bonds is 3. The highest BCUT2D eigenvalue weighted by atomic mass is 35.5. The monoisotopic (exact) mass is 363 g/mol. The zero-order valence-corrected chi connectivity index (χ0v) is 14.3. The van der Waals surface area contributed by atoms with Crippen molar-refractivity contribution in [2.75, 3.05) is 4.72 Å². The molecule has 0 amide bonds. The van der Waals surface area contributed by atoms with Crippen LogP contribution in [0.2, 0.25) is 15.1 Å². The first-order chi connectivity index (χ1) is 9.70. The minimum atomic E-state index is -3.84. The first-order valence-corrected chi connectivity index (χ1v) is 8.57. The van der Waals surface area contributed by atoms with Gasteiger partial charge in [0.05, 0.1) is 15.1 Å². The SMILES string of the molecule is Cc1ccc(NS(=O)(=O)c2cc(Cl)c(Cl)cc2Cl)cc1C. The summed E-state index contributed by atoms with van der Waals surface area (Å²) in [5, 5.41) is 0.342. The Morgan fingerprint density at radius 1 is 0.857 bits per heavy atom. The Hall–Kier alpha value is -0.940. The van der Waals surface area contributed by atoms with E-state index in [0.29, 0.717) is 5.69 Å². The van der Waals surface area contributed by atoms with Crippen molar-refractivity contribution in [1.29, 1.82) is 0 Å². The van der Waals surface area contributed by atoms with Gasteiger partial charge in [0.2, 0.25) is 0 Å². The largest absolute Gasteiger partial charge is 0.280 e. The summed E-state index contributed by atoms with van der Waals surface area (Å²) >= 11 is 17.6. The van der Waals surface area contributed by atoms with E-state index in [1.54, 1.807) is 12.1 Å². The van der Waals surface area contributed by atoms with Gasteiger partial charge in [-0.1, -0.05) is 40.9 Å². The second kappa shape index (κ2) is 6.05. The molecule has 3 nitrogen and oxygen atoms in total. The number of sulfonamides is 1.